The van der Waals surface area contributed by atoms with Crippen molar-refractivity contribution in [2.75, 3.05) is 20.2 Å². The number of hydrogen-bond acceptors (Lipinski definition) is 3. The van der Waals surface area contributed by atoms with Crippen molar-refractivity contribution >= 4 is 5.97 Å². The number of methoxy groups -OCH3 is 1. The Morgan fingerprint density at radius 1 is 1.29 bits per heavy atom. The van der Waals surface area contributed by atoms with E-state index in [-0.39, 0.29) is 12.0 Å². The van der Waals surface area contributed by atoms with E-state index in [4.69, 9.17) is 4.74 Å². The van der Waals surface area contributed by atoms with Crippen molar-refractivity contribution in [3.05, 3.63) is 35.9 Å². The predicted octanol–water partition coefficient (Wildman–Crippen LogP) is 2.39. The highest BCUT2D eigenvalue weighted by Gasteiger charge is 2.25. The lowest BCUT2D eigenvalue weighted by Crippen LogP contribution is -2.28. The average molecular weight is 233 g/mol. The number of esters is 1. The second-order valence-corrected chi connectivity index (χ2v) is 4.45. The Bertz CT molecular complexity index is 358. The third-order valence-corrected chi connectivity index (χ3v) is 3.35. The van der Waals surface area contributed by atoms with Gasteiger partial charge in [-0.1, -0.05) is 30.3 Å². The maximum Gasteiger partial charge on any atom is 0.307 e. The zero-order valence-corrected chi connectivity index (χ0v) is 10.3. The number of rotatable bonds is 4. The Morgan fingerprint density at radius 3 is 2.53 bits per heavy atom. The molecule has 1 saturated heterocycles. The van der Waals surface area contributed by atoms with Crippen molar-refractivity contribution in [3.8, 4) is 0 Å². The first kappa shape index (κ1) is 12.1. The molecule has 1 unspecified atom stereocenters. The van der Waals surface area contributed by atoms with Crippen LogP contribution in [0, 0.1) is 0 Å². The van der Waals surface area contributed by atoms with Crippen LogP contribution in [-0.2, 0) is 9.53 Å². The van der Waals surface area contributed by atoms with Crippen LogP contribution in [0.25, 0.3) is 0 Å². The molecule has 1 fully saturated rings. The summed E-state index contributed by atoms with van der Waals surface area (Å²) in [5.74, 6) is -0.134. The van der Waals surface area contributed by atoms with Crippen molar-refractivity contribution in [1.82, 2.24) is 4.90 Å². The first-order valence-electron chi connectivity index (χ1n) is 6.17. The molecular weight excluding hydrogens is 214 g/mol. The van der Waals surface area contributed by atoms with Crippen LogP contribution in [-0.4, -0.2) is 31.1 Å². The van der Waals surface area contributed by atoms with E-state index in [1.807, 2.05) is 18.2 Å². The minimum absolute atomic E-state index is 0.134. The van der Waals surface area contributed by atoms with E-state index >= 15 is 0 Å². The highest BCUT2D eigenvalue weighted by atomic mass is 16.5. The fourth-order valence-electron chi connectivity index (χ4n) is 2.43. The van der Waals surface area contributed by atoms with E-state index in [1.54, 1.807) is 0 Å². The van der Waals surface area contributed by atoms with Gasteiger partial charge < -0.3 is 4.74 Å². The number of carbonyl (C=O) groups excluding carboxylic acids is 1. The molecule has 17 heavy (non-hydrogen) atoms. The second-order valence-electron chi connectivity index (χ2n) is 4.45. The van der Waals surface area contributed by atoms with E-state index in [9.17, 15) is 4.79 Å². The van der Waals surface area contributed by atoms with Gasteiger partial charge in [0.25, 0.3) is 0 Å². The van der Waals surface area contributed by atoms with Gasteiger partial charge in [-0.3, -0.25) is 9.69 Å². The molecule has 0 spiro atoms. The van der Waals surface area contributed by atoms with Crippen molar-refractivity contribution in [2.24, 2.45) is 0 Å². The minimum atomic E-state index is -0.134. The number of ether oxygens (including phenoxy) is 1. The summed E-state index contributed by atoms with van der Waals surface area (Å²) in [5, 5.41) is 0. The van der Waals surface area contributed by atoms with Gasteiger partial charge in [0.15, 0.2) is 0 Å². The monoisotopic (exact) mass is 233 g/mol. The molecule has 0 aromatic heterocycles. The van der Waals surface area contributed by atoms with Crippen LogP contribution in [0.15, 0.2) is 30.3 Å². The van der Waals surface area contributed by atoms with Crippen LogP contribution in [0.4, 0.5) is 0 Å². The van der Waals surface area contributed by atoms with E-state index in [2.05, 4.69) is 17.0 Å². The predicted molar refractivity (Wildman–Crippen MR) is 66.6 cm³/mol. The third kappa shape index (κ3) is 3.07. The Morgan fingerprint density at radius 2 is 1.94 bits per heavy atom. The molecule has 1 aromatic carbocycles. The van der Waals surface area contributed by atoms with E-state index in [0.29, 0.717) is 6.42 Å². The summed E-state index contributed by atoms with van der Waals surface area (Å²) in [6, 6.07) is 10.4. The summed E-state index contributed by atoms with van der Waals surface area (Å²) < 4.78 is 4.80. The normalized spacial score (nSPS) is 17.9. The summed E-state index contributed by atoms with van der Waals surface area (Å²) in [7, 11) is 1.45. The molecule has 92 valence electrons. The number of carbonyl (C=O) groups is 1. The van der Waals surface area contributed by atoms with Crippen LogP contribution in [0.3, 0.4) is 0 Å². The molecule has 1 aromatic rings. The molecule has 1 atom stereocenters. The lowest BCUT2D eigenvalue weighted by Gasteiger charge is -2.27. The van der Waals surface area contributed by atoms with Crippen LogP contribution in [0.5, 0.6) is 0 Å². The molecule has 0 N–H and O–H groups in total. The molecule has 0 saturated carbocycles. The van der Waals surface area contributed by atoms with E-state index in [0.717, 1.165) is 13.1 Å². The summed E-state index contributed by atoms with van der Waals surface area (Å²) in [5.41, 5.74) is 1.21. The van der Waals surface area contributed by atoms with Crippen LogP contribution in [0.2, 0.25) is 0 Å². The highest BCUT2D eigenvalue weighted by Crippen LogP contribution is 2.28. The number of nitrogens with zero attached hydrogens (tertiary/aromatic N) is 1. The summed E-state index contributed by atoms with van der Waals surface area (Å²) >= 11 is 0. The van der Waals surface area contributed by atoms with Gasteiger partial charge in [-0.05, 0) is 31.5 Å². The second kappa shape index (κ2) is 5.82. The molecule has 3 nitrogen and oxygen atoms in total. The fourth-order valence-corrected chi connectivity index (χ4v) is 2.43. The molecule has 0 bridgehead atoms. The molecule has 3 heteroatoms. The number of benzene rings is 1. The highest BCUT2D eigenvalue weighted by molar-refractivity contribution is 5.70. The van der Waals surface area contributed by atoms with Crippen molar-refractivity contribution in [2.45, 2.75) is 25.3 Å². The zero-order chi connectivity index (χ0) is 12.1. The van der Waals surface area contributed by atoms with E-state index in [1.165, 1.54) is 25.5 Å². The smallest absolute Gasteiger partial charge is 0.307 e. The molecule has 1 heterocycles. The van der Waals surface area contributed by atoms with Gasteiger partial charge in [0, 0.05) is 6.04 Å². The van der Waals surface area contributed by atoms with Gasteiger partial charge >= 0.3 is 5.97 Å². The maximum absolute atomic E-state index is 11.5. The first-order valence-corrected chi connectivity index (χ1v) is 6.17. The number of hydrogen-bond donors (Lipinski definition) is 0. The van der Waals surface area contributed by atoms with Gasteiger partial charge in [0.2, 0.25) is 0 Å². The standard InChI is InChI=1S/C14H19NO2/c1-17-14(16)11-13(15-9-5-6-10-15)12-7-3-2-4-8-12/h2-4,7-8,13H,5-6,9-11H2,1H3. The average Bonchev–Trinajstić information content (AvgIpc) is 2.90. The van der Waals surface area contributed by atoms with Crippen LogP contribution < -0.4 is 0 Å². The fraction of sp³-hybridized carbons (Fsp3) is 0.500. The van der Waals surface area contributed by atoms with Crippen LogP contribution >= 0.6 is 0 Å². The molecule has 0 radical (unpaired) electrons. The van der Waals surface area contributed by atoms with Gasteiger partial charge in [-0.25, -0.2) is 0 Å². The third-order valence-electron chi connectivity index (χ3n) is 3.35. The Balaban J connectivity index is 2.14. The Labute approximate surface area is 102 Å². The SMILES string of the molecule is COC(=O)CC(c1ccccc1)N1CCCC1. The largest absolute Gasteiger partial charge is 0.469 e. The van der Waals surface area contributed by atoms with Crippen LogP contribution in [0.1, 0.15) is 30.9 Å². The van der Waals surface area contributed by atoms with Gasteiger partial charge in [0.1, 0.15) is 0 Å². The number of likely N-dealkylation sites (tertiary alicyclic amines) is 1. The maximum atomic E-state index is 11.5. The van der Waals surface area contributed by atoms with E-state index < -0.39 is 0 Å². The van der Waals surface area contributed by atoms with Crippen molar-refractivity contribution in [1.29, 1.82) is 0 Å². The molecular formula is C14H19NO2. The summed E-state index contributed by atoms with van der Waals surface area (Å²) in [6.07, 6.45) is 2.90. The molecule has 1 aliphatic rings. The van der Waals surface area contributed by atoms with Gasteiger partial charge in [0.05, 0.1) is 13.5 Å². The molecule has 0 aliphatic carbocycles. The van der Waals surface area contributed by atoms with Crippen molar-refractivity contribution < 1.29 is 9.53 Å². The quantitative estimate of drug-likeness (QED) is 0.748. The Hall–Kier alpha value is -1.35. The topological polar surface area (TPSA) is 29.5 Å². The first-order chi connectivity index (χ1) is 8.31. The molecule has 0 amide bonds. The van der Waals surface area contributed by atoms with Gasteiger partial charge in [-0.15, -0.1) is 0 Å². The minimum Gasteiger partial charge on any atom is -0.469 e. The molecule has 1 aliphatic heterocycles. The lowest BCUT2D eigenvalue weighted by atomic mass is 10.0. The lowest BCUT2D eigenvalue weighted by molar-refractivity contribution is -0.142. The zero-order valence-electron chi connectivity index (χ0n) is 10.3. The summed E-state index contributed by atoms with van der Waals surface area (Å²) in [4.78, 5) is 13.9. The Kier molecular flexibility index (Phi) is 4.15. The van der Waals surface area contributed by atoms with Gasteiger partial charge in [-0.2, -0.15) is 0 Å². The molecule has 2 rings (SSSR count). The van der Waals surface area contributed by atoms with Crippen molar-refractivity contribution in [3.63, 3.8) is 0 Å². The summed E-state index contributed by atoms with van der Waals surface area (Å²) in [6.45, 7) is 2.16.